The summed E-state index contributed by atoms with van der Waals surface area (Å²) in [6, 6.07) is 7.55. The summed E-state index contributed by atoms with van der Waals surface area (Å²) in [7, 11) is 1.36. The standard InChI is InChI=1S/C12H9N5O3/c1-20-11-9(6-13)10(15-12(14)16-11)7-2-4-8(5-3-7)17(18)19/h2-5H,1H3,(H2,14,15,16). The molecule has 0 saturated heterocycles. The fourth-order valence-electron chi connectivity index (χ4n) is 1.66. The van der Waals surface area contributed by atoms with Gasteiger partial charge in [0.15, 0.2) is 0 Å². The molecule has 20 heavy (non-hydrogen) atoms. The van der Waals surface area contributed by atoms with Gasteiger partial charge in [-0.3, -0.25) is 10.1 Å². The third-order valence-corrected chi connectivity index (χ3v) is 2.55. The highest BCUT2D eigenvalue weighted by atomic mass is 16.6. The first-order chi connectivity index (χ1) is 9.56. The van der Waals surface area contributed by atoms with Crippen LogP contribution in [0.4, 0.5) is 11.6 Å². The van der Waals surface area contributed by atoms with Crippen LogP contribution in [0.25, 0.3) is 11.3 Å². The van der Waals surface area contributed by atoms with E-state index in [0.29, 0.717) is 5.56 Å². The average molecular weight is 271 g/mol. The van der Waals surface area contributed by atoms with Gasteiger partial charge in [0.05, 0.1) is 17.7 Å². The van der Waals surface area contributed by atoms with E-state index in [1.54, 1.807) is 0 Å². The van der Waals surface area contributed by atoms with Crippen molar-refractivity contribution in [1.82, 2.24) is 9.97 Å². The number of nitro groups is 1. The van der Waals surface area contributed by atoms with Crippen LogP contribution in [0.2, 0.25) is 0 Å². The summed E-state index contributed by atoms with van der Waals surface area (Å²) in [5, 5.41) is 19.8. The fourth-order valence-corrected chi connectivity index (χ4v) is 1.66. The zero-order chi connectivity index (χ0) is 14.7. The topological polar surface area (TPSA) is 128 Å². The van der Waals surface area contributed by atoms with Crippen molar-refractivity contribution in [2.24, 2.45) is 0 Å². The van der Waals surface area contributed by atoms with Crippen molar-refractivity contribution in [1.29, 1.82) is 5.26 Å². The second-order valence-electron chi connectivity index (χ2n) is 3.73. The SMILES string of the molecule is COc1nc(N)nc(-c2ccc([N+](=O)[O-])cc2)c1C#N. The molecule has 0 radical (unpaired) electrons. The van der Waals surface area contributed by atoms with Crippen LogP contribution >= 0.6 is 0 Å². The molecule has 8 heteroatoms. The molecule has 0 atom stereocenters. The van der Waals surface area contributed by atoms with Crippen molar-refractivity contribution in [2.75, 3.05) is 12.8 Å². The van der Waals surface area contributed by atoms with Crippen LogP contribution in [0.15, 0.2) is 24.3 Å². The molecular weight excluding hydrogens is 262 g/mol. The number of rotatable bonds is 3. The summed E-state index contributed by atoms with van der Waals surface area (Å²) in [6.07, 6.45) is 0. The number of nitrogen functional groups attached to an aromatic ring is 1. The van der Waals surface area contributed by atoms with E-state index in [-0.39, 0.29) is 28.8 Å². The molecule has 0 bridgehead atoms. The minimum atomic E-state index is -0.510. The number of anilines is 1. The number of nitro benzene ring substituents is 1. The van der Waals surface area contributed by atoms with E-state index >= 15 is 0 Å². The highest BCUT2D eigenvalue weighted by molar-refractivity contribution is 5.70. The van der Waals surface area contributed by atoms with Crippen LogP contribution in [0.5, 0.6) is 5.88 Å². The molecule has 0 aliphatic carbocycles. The molecule has 0 amide bonds. The summed E-state index contributed by atoms with van der Waals surface area (Å²) < 4.78 is 4.98. The lowest BCUT2D eigenvalue weighted by Gasteiger charge is -2.08. The molecule has 1 aromatic carbocycles. The number of hydrogen-bond acceptors (Lipinski definition) is 7. The number of ether oxygens (including phenoxy) is 1. The maximum atomic E-state index is 10.6. The molecule has 8 nitrogen and oxygen atoms in total. The van der Waals surface area contributed by atoms with E-state index in [1.165, 1.54) is 31.4 Å². The van der Waals surface area contributed by atoms with Crippen LogP contribution in [0.1, 0.15) is 5.56 Å². The van der Waals surface area contributed by atoms with Gasteiger partial charge >= 0.3 is 0 Å². The van der Waals surface area contributed by atoms with Crippen LogP contribution < -0.4 is 10.5 Å². The number of nitrogens with two attached hydrogens (primary N) is 1. The Bertz CT molecular complexity index is 706. The predicted molar refractivity (Wildman–Crippen MR) is 69.8 cm³/mol. The summed E-state index contributed by atoms with van der Waals surface area (Å²) in [4.78, 5) is 17.9. The predicted octanol–water partition coefficient (Wildman–Crippen LogP) is 1.51. The first kappa shape index (κ1) is 13.2. The Morgan fingerprint density at radius 1 is 1.35 bits per heavy atom. The number of benzene rings is 1. The number of nitriles is 1. The van der Waals surface area contributed by atoms with Gasteiger partial charge in [0.2, 0.25) is 11.8 Å². The molecular formula is C12H9N5O3. The second-order valence-corrected chi connectivity index (χ2v) is 3.73. The van der Waals surface area contributed by atoms with E-state index in [4.69, 9.17) is 15.7 Å². The third-order valence-electron chi connectivity index (χ3n) is 2.55. The quantitative estimate of drug-likeness (QED) is 0.661. The molecule has 2 aromatic rings. The summed E-state index contributed by atoms with van der Waals surface area (Å²) in [5.74, 6) is 0.0163. The van der Waals surface area contributed by atoms with Crippen LogP contribution in [0.3, 0.4) is 0 Å². The highest BCUT2D eigenvalue weighted by Gasteiger charge is 2.16. The normalized spacial score (nSPS) is 9.80. The van der Waals surface area contributed by atoms with Gasteiger partial charge in [-0.25, -0.2) is 4.98 Å². The Labute approximate surface area is 113 Å². The fraction of sp³-hybridized carbons (Fsp3) is 0.0833. The molecule has 0 aliphatic heterocycles. The van der Waals surface area contributed by atoms with Gasteiger partial charge in [-0.2, -0.15) is 10.2 Å². The molecule has 0 aliphatic rings. The first-order valence-corrected chi connectivity index (χ1v) is 5.43. The zero-order valence-electron chi connectivity index (χ0n) is 10.4. The Hall–Kier alpha value is -3.21. The largest absolute Gasteiger partial charge is 0.480 e. The van der Waals surface area contributed by atoms with Crippen molar-refractivity contribution in [3.63, 3.8) is 0 Å². The highest BCUT2D eigenvalue weighted by Crippen LogP contribution is 2.28. The molecule has 0 spiro atoms. The number of nitrogens with zero attached hydrogens (tertiary/aromatic N) is 4. The summed E-state index contributed by atoms with van der Waals surface area (Å²) >= 11 is 0. The smallest absolute Gasteiger partial charge is 0.269 e. The van der Waals surface area contributed by atoms with Gasteiger partial charge in [0.25, 0.3) is 5.69 Å². The third kappa shape index (κ3) is 2.32. The minimum Gasteiger partial charge on any atom is -0.480 e. The van der Waals surface area contributed by atoms with E-state index in [1.807, 2.05) is 6.07 Å². The zero-order valence-corrected chi connectivity index (χ0v) is 10.4. The van der Waals surface area contributed by atoms with Gasteiger partial charge < -0.3 is 10.5 Å². The molecule has 0 fully saturated rings. The van der Waals surface area contributed by atoms with Crippen LogP contribution in [-0.4, -0.2) is 22.0 Å². The van der Waals surface area contributed by atoms with E-state index < -0.39 is 4.92 Å². The van der Waals surface area contributed by atoms with Crippen molar-refractivity contribution in [3.05, 3.63) is 39.9 Å². The molecule has 1 heterocycles. The molecule has 2 rings (SSSR count). The number of aromatic nitrogens is 2. The Morgan fingerprint density at radius 3 is 2.50 bits per heavy atom. The minimum absolute atomic E-state index is 0.0470. The number of hydrogen-bond donors (Lipinski definition) is 1. The summed E-state index contributed by atoms with van der Waals surface area (Å²) in [5.41, 5.74) is 6.40. The van der Waals surface area contributed by atoms with Crippen LogP contribution in [0, 0.1) is 21.4 Å². The second kappa shape index (κ2) is 5.19. The average Bonchev–Trinajstić information content (AvgIpc) is 2.46. The maximum Gasteiger partial charge on any atom is 0.269 e. The Morgan fingerprint density at radius 2 is 2.00 bits per heavy atom. The maximum absolute atomic E-state index is 10.6. The van der Waals surface area contributed by atoms with Gasteiger partial charge in [-0.1, -0.05) is 0 Å². The first-order valence-electron chi connectivity index (χ1n) is 5.43. The van der Waals surface area contributed by atoms with E-state index in [2.05, 4.69) is 9.97 Å². The van der Waals surface area contributed by atoms with Crippen molar-refractivity contribution in [2.45, 2.75) is 0 Å². The number of non-ortho nitro benzene ring substituents is 1. The lowest BCUT2D eigenvalue weighted by Crippen LogP contribution is -2.03. The number of methoxy groups -OCH3 is 1. The van der Waals surface area contributed by atoms with Crippen LogP contribution in [-0.2, 0) is 0 Å². The molecule has 0 saturated carbocycles. The lowest BCUT2D eigenvalue weighted by atomic mass is 10.1. The Kier molecular flexibility index (Phi) is 3.43. The van der Waals surface area contributed by atoms with E-state index in [9.17, 15) is 10.1 Å². The van der Waals surface area contributed by atoms with Crippen molar-refractivity contribution < 1.29 is 9.66 Å². The van der Waals surface area contributed by atoms with Gasteiger partial charge in [-0.15, -0.1) is 0 Å². The van der Waals surface area contributed by atoms with Gasteiger partial charge in [-0.05, 0) is 12.1 Å². The molecule has 0 unspecified atom stereocenters. The molecule has 2 N–H and O–H groups in total. The lowest BCUT2D eigenvalue weighted by molar-refractivity contribution is -0.384. The summed E-state index contributed by atoms with van der Waals surface area (Å²) in [6.45, 7) is 0. The van der Waals surface area contributed by atoms with Gasteiger partial charge in [0.1, 0.15) is 11.6 Å². The molecule has 1 aromatic heterocycles. The van der Waals surface area contributed by atoms with Gasteiger partial charge in [0, 0.05) is 17.7 Å². The molecule has 100 valence electrons. The van der Waals surface area contributed by atoms with Crippen molar-refractivity contribution in [3.8, 4) is 23.2 Å². The van der Waals surface area contributed by atoms with Crippen molar-refractivity contribution >= 4 is 11.6 Å². The van der Waals surface area contributed by atoms with E-state index in [0.717, 1.165) is 0 Å². The Balaban J connectivity index is 2.60. The monoisotopic (exact) mass is 271 g/mol.